The fourth-order valence-corrected chi connectivity index (χ4v) is 4.63. The molecule has 0 aliphatic heterocycles. The second-order valence-corrected chi connectivity index (χ2v) is 9.66. The van der Waals surface area contributed by atoms with Crippen LogP contribution < -0.4 is 20.6 Å². The minimum atomic E-state index is -0.545. The predicted octanol–water partition coefficient (Wildman–Crippen LogP) is 3.97. The smallest absolute Gasteiger partial charge is 0.292 e. The van der Waals surface area contributed by atoms with E-state index in [-0.39, 0.29) is 17.3 Å². The van der Waals surface area contributed by atoms with Gasteiger partial charge in [-0.2, -0.15) is 9.78 Å². The molecule has 0 bridgehead atoms. The van der Waals surface area contributed by atoms with Crippen molar-refractivity contribution in [1.82, 2.24) is 35.6 Å². The van der Waals surface area contributed by atoms with Crippen LogP contribution in [0.2, 0.25) is 0 Å². The zero-order chi connectivity index (χ0) is 30.3. The lowest BCUT2D eigenvalue weighted by atomic mass is 10.1. The van der Waals surface area contributed by atoms with Crippen molar-refractivity contribution < 1.29 is 18.9 Å². The molecule has 0 fully saturated rings. The summed E-state index contributed by atoms with van der Waals surface area (Å²) >= 11 is 0. The molecular weight excluding hydrogens is 550 g/mol. The lowest BCUT2D eigenvalue weighted by molar-refractivity contribution is 0.0944. The van der Waals surface area contributed by atoms with Crippen LogP contribution in [0, 0.1) is 0 Å². The number of nitrogen functional groups attached to an aromatic ring is 1. The Kier molecular flexibility index (Phi) is 8.91. The third-order valence-electron chi connectivity index (χ3n) is 7.09. The van der Waals surface area contributed by atoms with Crippen molar-refractivity contribution in [3.8, 4) is 17.3 Å². The van der Waals surface area contributed by atoms with Gasteiger partial charge in [-0.25, -0.2) is 10.1 Å². The number of nitrogens with zero attached hydrogens (tertiary/aromatic N) is 7. The Labute approximate surface area is 248 Å². The van der Waals surface area contributed by atoms with E-state index in [2.05, 4.69) is 54.3 Å². The Morgan fingerprint density at radius 3 is 2.60 bits per heavy atom. The summed E-state index contributed by atoms with van der Waals surface area (Å²) in [7, 11) is 1.58. The largest absolute Gasteiger partial charge is 0.493 e. The Hall–Kier alpha value is -5.30. The summed E-state index contributed by atoms with van der Waals surface area (Å²) < 4.78 is 17.7. The van der Waals surface area contributed by atoms with Crippen LogP contribution in [-0.2, 0) is 13.2 Å². The van der Waals surface area contributed by atoms with E-state index in [1.54, 1.807) is 14.0 Å². The molecule has 0 unspecified atom stereocenters. The maximum absolute atomic E-state index is 13.4. The maximum Gasteiger partial charge on any atom is 0.292 e. The summed E-state index contributed by atoms with van der Waals surface area (Å²) in [6.45, 7) is 8.11. The van der Waals surface area contributed by atoms with Crippen LogP contribution in [-0.4, -0.2) is 62.0 Å². The van der Waals surface area contributed by atoms with Gasteiger partial charge in [-0.15, -0.1) is 5.10 Å². The lowest BCUT2D eigenvalue weighted by Gasteiger charge is -2.16. The molecule has 43 heavy (non-hydrogen) atoms. The van der Waals surface area contributed by atoms with Gasteiger partial charge in [0.1, 0.15) is 12.3 Å². The molecule has 5 aromatic rings. The highest BCUT2D eigenvalue weighted by Crippen LogP contribution is 2.30. The van der Waals surface area contributed by atoms with Crippen molar-refractivity contribution in [2.75, 3.05) is 25.9 Å². The van der Waals surface area contributed by atoms with Crippen LogP contribution in [0.5, 0.6) is 11.5 Å². The van der Waals surface area contributed by atoms with E-state index in [1.165, 1.54) is 4.68 Å². The second-order valence-electron chi connectivity index (χ2n) is 9.66. The highest BCUT2D eigenvalue weighted by Gasteiger charge is 2.26. The van der Waals surface area contributed by atoms with E-state index in [4.69, 9.17) is 19.8 Å². The van der Waals surface area contributed by atoms with Crippen LogP contribution in [0.3, 0.4) is 0 Å². The number of nitrogens with one attached hydrogen (secondary N) is 1. The highest BCUT2D eigenvalue weighted by molar-refractivity contribution is 6.01. The van der Waals surface area contributed by atoms with Gasteiger partial charge in [0.2, 0.25) is 11.6 Å². The normalized spacial score (nSPS) is 11.7. The number of rotatable bonds is 12. The number of fused-ring (bicyclic) bond motifs is 1. The van der Waals surface area contributed by atoms with Gasteiger partial charge in [-0.3, -0.25) is 9.69 Å². The molecule has 3 N–H and O–H groups in total. The molecule has 1 amide bonds. The summed E-state index contributed by atoms with van der Waals surface area (Å²) in [6, 6.07) is 19.8. The first-order valence-electron chi connectivity index (χ1n) is 13.8. The lowest BCUT2D eigenvalue weighted by Crippen LogP contribution is -2.27. The van der Waals surface area contributed by atoms with Crippen molar-refractivity contribution >= 4 is 28.2 Å². The van der Waals surface area contributed by atoms with Gasteiger partial charge < -0.3 is 15.2 Å². The van der Waals surface area contributed by atoms with E-state index in [1.807, 2.05) is 56.3 Å². The first-order chi connectivity index (χ1) is 20.9. The fraction of sp³-hybridized carbons (Fsp3) is 0.267. The number of aromatic nitrogens is 5. The average molecular weight is 584 g/mol. The molecule has 0 aliphatic carbocycles. The predicted molar refractivity (Wildman–Crippen MR) is 161 cm³/mol. The molecule has 222 valence electrons. The number of benzene rings is 3. The van der Waals surface area contributed by atoms with Gasteiger partial charge in [0.15, 0.2) is 17.2 Å². The van der Waals surface area contributed by atoms with Gasteiger partial charge in [0, 0.05) is 12.1 Å². The molecule has 0 saturated heterocycles. The molecule has 13 nitrogen and oxygen atoms in total. The number of hydrazone groups is 1. The van der Waals surface area contributed by atoms with Gasteiger partial charge in [-0.05, 0) is 64.9 Å². The molecule has 5 rings (SSSR count). The Morgan fingerprint density at radius 2 is 1.86 bits per heavy atom. The van der Waals surface area contributed by atoms with Crippen molar-refractivity contribution in [2.24, 2.45) is 5.10 Å². The maximum atomic E-state index is 13.4. The Morgan fingerprint density at radius 1 is 1.07 bits per heavy atom. The number of ether oxygens (including phenoxy) is 2. The number of anilines is 1. The topological polar surface area (TPSA) is 159 Å². The molecule has 0 atom stereocenters. The standard InChI is InChI=1S/C30H33N9O4/c1-5-38(6-2)17-24-27(39(37-33-24)29-28(31)35-43-36-29)30(40)34-32-19(3)21-14-15-25(26(16-21)41-4)42-18-22-12-9-11-20-10-7-8-13-23(20)22/h7-16H,5-6,17-18H2,1-4H3,(H2,31,35)(H,34,40). The number of hydrogen-bond acceptors (Lipinski definition) is 11. The van der Waals surface area contributed by atoms with Gasteiger partial charge in [-0.1, -0.05) is 61.5 Å². The zero-order valence-electron chi connectivity index (χ0n) is 24.4. The summed E-state index contributed by atoms with van der Waals surface area (Å²) in [5, 5.41) is 22.3. The first kappa shape index (κ1) is 29.2. The average Bonchev–Trinajstić information content (AvgIpc) is 3.66. The number of carbonyl (C=O) groups is 1. The van der Waals surface area contributed by atoms with E-state index in [0.29, 0.717) is 36.1 Å². The second kappa shape index (κ2) is 13.1. The van der Waals surface area contributed by atoms with E-state index >= 15 is 0 Å². The minimum Gasteiger partial charge on any atom is -0.493 e. The zero-order valence-corrected chi connectivity index (χ0v) is 24.4. The van der Waals surface area contributed by atoms with Crippen molar-refractivity contribution in [2.45, 2.75) is 33.9 Å². The van der Waals surface area contributed by atoms with Crippen molar-refractivity contribution in [3.05, 3.63) is 83.2 Å². The van der Waals surface area contributed by atoms with Crippen LogP contribution in [0.1, 0.15) is 48.1 Å². The number of hydrogen-bond donors (Lipinski definition) is 2. The molecule has 2 aromatic heterocycles. The van der Waals surface area contributed by atoms with Gasteiger partial charge in [0.25, 0.3) is 5.91 Å². The third kappa shape index (κ3) is 6.31. The number of methoxy groups -OCH3 is 1. The minimum absolute atomic E-state index is 0.0251. The highest BCUT2D eigenvalue weighted by atomic mass is 16.6. The first-order valence-corrected chi connectivity index (χ1v) is 13.8. The molecule has 3 aromatic carbocycles. The molecule has 2 heterocycles. The molecule has 0 radical (unpaired) electrons. The molecule has 0 aliphatic rings. The number of amides is 1. The molecule has 13 heteroatoms. The van der Waals surface area contributed by atoms with Crippen molar-refractivity contribution in [1.29, 1.82) is 0 Å². The number of nitrogens with two attached hydrogens (primary N) is 1. The SMILES string of the molecule is CCN(CC)Cc1nnn(-c2nonc2N)c1C(=O)NN=C(C)c1ccc(OCc2cccc3ccccc23)c(OC)c1. The monoisotopic (exact) mass is 583 g/mol. The number of carbonyl (C=O) groups excluding carboxylic acids is 1. The van der Waals surface area contributed by atoms with E-state index in [9.17, 15) is 4.79 Å². The van der Waals surface area contributed by atoms with Crippen LogP contribution in [0.25, 0.3) is 16.6 Å². The van der Waals surface area contributed by atoms with Gasteiger partial charge >= 0.3 is 0 Å². The summed E-state index contributed by atoms with van der Waals surface area (Å²) in [5.74, 6) is 0.619. The Balaban J connectivity index is 1.35. The summed E-state index contributed by atoms with van der Waals surface area (Å²) in [4.78, 5) is 15.5. The van der Waals surface area contributed by atoms with Crippen LogP contribution >= 0.6 is 0 Å². The van der Waals surface area contributed by atoms with Crippen molar-refractivity contribution in [3.63, 3.8) is 0 Å². The van der Waals surface area contributed by atoms with Crippen LogP contribution in [0.4, 0.5) is 5.82 Å². The molecular formula is C30H33N9O4. The Bertz CT molecular complexity index is 1750. The van der Waals surface area contributed by atoms with E-state index in [0.717, 1.165) is 35.0 Å². The third-order valence-corrected chi connectivity index (χ3v) is 7.09. The van der Waals surface area contributed by atoms with Gasteiger partial charge in [0.05, 0.1) is 12.8 Å². The van der Waals surface area contributed by atoms with Crippen LogP contribution in [0.15, 0.2) is 70.4 Å². The quantitative estimate of drug-likeness (QED) is 0.163. The summed E-state index contributed by atoms with van der Waals surface area (Å²) in [6.07, 6.45) is 0. The fourth-order valence-electron chi connectivity index (χ4n) is 4.63. The van der Waals surface area contributed by atoms with E-state index < -0.39 is 5.91 Å². The molecule has 0 saturated carbocycles. The summed E-state index contributed by atoms with van der Waals surface area (Å²) in [5.41, 5.74) is 11.4. The molecule has 0 spiro atoms.